The Labute approximate surface area is 147 Å². The third-order valence-corrected chi connectivity index (χ3v) is 5.08. The standard InChI is InChI=1S/C20H21N3O2/c1-13(24)22-18-9-5-4-8-16(18)20(25)23-11-17-15-7-3-2-6-14(15)10-21-19(17)12-23/h2-9,17,19,21H,10-12H2,1H3,(H,22,24)/t17-,19-/m0/s1. The molecule has 5 nitrogen and oxygen atoms in total. The number of fused-ring (bicyclic) bond motifs is 3. The number of rotatable bonds is 2. The van der Waals surface area contributed by atoms with Crippen molar-refractivity contribution in [2.24, 2.45) is 0 Å². The lowest BCUT2D eigenvalue weighted by Crippen LogP contribution is -2.39. The van der Waals surface area contributed by atoms with Crippen LogP contribution in [0.5, 0.6) is 0 Å². The van der Waals surface area contributed by atoms with Gasteiger partial charge in [0.1, 0.15) is 0 Å². The number of hydrogen-bond acceptors (Lipinski definition) is 3. The minimum atomic E-state index is -0.175. The molecule has 0 spiro atoms. The third kappa shape index (κ3) is 2.91. The van der Waals surface area contributed by atoms with E-state index in [1.54, 1.807) is 12.1 Å². The van der Waals surface area contributed by atoms with Gasteiger partial charge in [0, 0.05) is 38.5 Å². The molecular formula is C20H21N3O2. The fourth-order valence-electron chi connectivity index (χ4n) is 3.93. The van der Waals surface area contributed by atoms with Gasteiger partial charge in [-0.15, -0.1) is 0 Å². The highest BCUT2D eigenvalue weighted by molar-refractivity contribution is 6.03. The number of para-hydroxylation sites is 1. The molecule has 0 aromatic heterocycles. The van der Waals surface area contributed by atoms with Crippen molar-refractivity contribution in [3.63, 3.8) is 0 Å². The lowest BCUT2D eigenvalue weighted by atomic mass is 9.87. The van der Waals surface area contributed by atoms with Crippen LogP contribution in [0, 0.1) is 0 Å². The van der Waals surface area contributed by atoms with Gasteiger partial charge in [-0.1, -0.05) is 36.4 Å². The van der Waals surface area contributed by atoms with Gasteiger partial charge in [-0.2, -0.15) is 0 Å². The van der Waals surface area contributed by atoms with Gasteiger partial charge in [0.15, 0.2) is 0 Å². The number of carbonyl (C=O) groups is 2. The van der Waals surface area contributed by atoms with Crippen molar-refractivity contribution < 1.29 is 9.59 Å². The van der Waals surface area contributed by atoms with Crippen LogP contribution in [0.4, 0.5) is 5.69 Å². The zero-order valence-electron chi connectivity index (χ0n) is 14.2. The van der Waals surface area contributed by atoms with E-state index in [-0.39, 0.29) is 17.9 Å². The maximum absolute atomic E-state index is 13.1. The van der Waals surface area contributed by atoms with E-state index in [0.717, 1.165) is 6.54 Å². The Kier molecular flexibility index (Phi) is 4.01. The van der Waals surface area contributed by atoms with Crippen LogP contribution in [0.1, 0.15) is 34.3 Å². The zero-order chi connectivity index (χ0) is 17.4. The fourth-order valence-corrected chi connectivity index (χ4v) is 3.93. The van der Waals surface area contributed by atoms with E-state index in [2.05, 4.69) is 34.9 Å². The molecule has 2 aliphatic rings. The molecule has 2 aromatic carbocycles. The minimum Gasteiger partial charge on any atom is -0.336 e. The van der Waals surface area contributed by atoms with Crippen LogP contribution >= 0.6 is 0 Å². The van der Waals surface area contributed by atoms with Crippen LogP contribution in [-0.4, -0.2) is 35.8 Å². The summed E-state index contributed by atoms with van der Waals surface area (Å²) in [5, 5.41) is 6.31. The number of hydrogen-bond donors (Lipinski definition) is 2. The Morgan fingerprint density at radius 3 is 2.68 bits per heavy atom. The molecule has 2 aromatic rings. The molecule has 0 bridgehead atoms. The highest BCUT2D eigenvalue weighted by atomic mass is 16.2. The summed E-state index contributed by atoms with van der Waals surface area (Å²) in [6.07, 6.45) is 0. The quantitative estimate of drug-likeness (QED) is 0.886. The first-order valence-corrected chi connectivity index (χ1v) is 8.60. The molecule has 0 unspecified atom stereocenters. The molecule has 2 atom stereocenters. The SMILES string of the molecule is CC(=O)Nc1ccccc1C(=O)N1C[C@@H]2NCc3ccccc3[C@@H]2C1. The van der Waals surface area contributed by atoms with Crippen molar-refractivity contribution in [3.8, 4) is 0 Å². The molecular weight excluding hydrogens is 314 g/mol. The molecule has 128 valence electrons. The second-order valence-electron chi connectivity index (χ2n) is 6.73. The van der Waals surface area contributed by atoms with Crippen molar-refractivity contribution in [2.75, 3.05) is 18.4 Å². The van der Waals surface area contributed by atoms with Crippen molar-refractivity contribution in [3.05, 3.63) is 65.2 Å². The molecule has 4 rings (SSSR count). The zero-order valence-corrected chi connectivity index (χ0v) is 14.2. The Morgan fingerprint density at radius 2 is 1.84 bits per heavy atom. The fraction of sp³-hybridized carbons (Fsp3) is 0.300. The van der Waals surface area contributed by atoms with Gasteiger partial charge in [-0.3, -0.25) is 9.59 Å². The summed E-state index contributed by atoms with van der Waals surface area (Å²) in [6, 6.07) is 15.9. The number of carbonyl (C=O) groups excluding carboxylic acids is 2. The van der Waals surface area contributed by atoms with E-state index < -0.39 is 0 Å². The molecule has 25 heavy (non-hydrogen) atoms. The van der Waals surface area contributed by atoms with Crippen LogP contribution in [-0.2, 0) is 11.3 Å². The lowest BCUT2D eigenvalue weighted by Gasteiger charge is -2.28. The van der Waals surface area contributed by atoms with Crippen molar-refractivity contribution >= 4 is 17.5 Å². The first-order valence-electron chi connectivity index (χ1n) is 8.60. The summed E-state index contributed by atoms with van der Waals surface area (Å²) in [4.78, 5) is 26.4. The number of amides is 2. The summed E-state index contributed by atoms with van der Waals surface area (Å²) in [6.45, 7) is 3.68. The number of anilines is 1. The maximum atomic E-state index is 13.1. The van der Waals surface area contributed by atoms with Gasteiger partial charge in [0.05, 0.1) is 11.3 Å². The second kappa shape index (κ2) is 6.33. The number of nitrogens with zero attached hydrogens (tertiary/aromatic N) is 1. The van der Waals surface area contributed by atoms with E-state index in [0.29, 0.717) is 30.3 Å². The molecule has 1 saturated heterocycles. The summed E-state index contributed by atoms with van der Waals surface area (Å²) in [5.41, 5.74) is 3.78. The van der Waals surface area contributed by atoms with E-state index in [1.807, 2.05) is 17.0 Å². The molecule has 0 radical (unpaired) electrons. The predicted octanol–water partition coefficient (Wildman–Crippen LogP) is 2.36. The van der Waals surface area contributed by atoms with Crippen LogP contribution in [0.15, 0.2) is 48.5 Å². The van der Waals surface area contributed by atoms with Gasteiger partial charge < -0.3 is 15.5 Å². The van der Waals surface area contributed by atoms with Crippen LogP contribution < -0.4 is 10.6 Å². The highest BCUT2D eigenvalue weighted by Gasteiger charge is 2.39. The number of benzene rings is 2. The minimum absolute atomic E-state index is 0.0296. The predicted molar refractivity (Wildman–Crippen MR) is 96.5 cm³/mol. The lowest BCUT2D eigenvalue weighted by molar-refractivity contribution is -0.114. The summed E-state index contributed by atoms with van der Waals surface area (Å²) in [5.74, 6) is 0.116. The van der Waals surface area contributed by atoms with E-state index in [9.17, 15) is 9.59 Å². The van der Waals surface area contributed by atoms with Gasteiger partial charge >= 0.3 is 0 Å². The van der Waals surface area contributed by atoms with Crippen molar-refractivity contribution in [2.45, 2.75) is 25.4 Å². The topological polar surface area (TPSA) is 61.4 Å². The van der Waals surface area contributed by atoms with E-state index in [4.69, 9.17) is 0 Å². The van der Waals surface area contributed by atoms with Crippen molar-refractivity contribution in [1.82, 2.24) is 10.2 Å². The number of nitrogens with one attached hydrogen (secondary N) is 2. The largest absolute Gasteiger partial charge is 0.336 e. The Balaban J connectivity index is 1.59. The summed E-state index contributed by atoms with van der Waals surface area (Å²) < 4.78 is 0. The molecule has 2 aliphatic heterocycles. The first kappa shape index (κ1) is 15.8. The molecule has 2 N–H and O–H groups in total. The van der Waals surface area contributed by atoms with Crippen LogP contribution in [0.2, 0.25) is 0 Å². The Bertz CT molecular complexity index is 833. The van der Waals surface area contributed by atoms with Crippen molar-refractivity contribution in [1.29, 1.82) is 0 Å². The smallest absolute Gasteiger partial charge is 0.256 e. The second-order valence-corrected chi connectivity index (χ2v) is 6.73. The normalized spacial score (nSPS) is 21.4. The Hall–Kier alpha value is -2.66. The van der Waals surface area contributed by atoms with E-state index >= 15 is 0 Å². The summed E-state index contributed by atoms with van der Waals surface area (Å²) in [7, 11) is 0. The van der Waals surface area contributed by atoms with Gasteiger partial charge in [-0.05, 0) is 23.3 Å². The average Bonchev–Trinajstić information content (AvgIpc) is 3.06. The average molecular weight is 335 g/mol. The third-order valence-electron chi connectivity index (χ3n) is 5.08. The molecule has 2 heterocycles. The molecule has 0 aliphatic carbocycles. The first-order chi connectivity index (χ1) is 12.1. The maximum Gasteiger partial charge on any atom is 0.256 e. The summed E-state index contributed by atoms with van der Waals surface area (Å²) >= 11 is 0. The van der Waals surface area contributed by atoms with Gasteiger partial charge in [-0.25, -0.2) is 0 Å². The van der Waals surface area contributed by atoms with Crippen LogP contribution in [0.25, 0.3) is 0 Å². The molecule has 1 fully saturated rings. The number of likely N-dealkylation sites (tertiary alicyclic amines) is 1. The molecule has 2 amide bonds. The van der Waals surface area contributed by atoms with Gasteiger partial charge in [0.25, 0.3) is 5.91 Å². The molecule has 5 heteroatoms. The van der Waals surface area contributed by atoms with Crippen LogP contribution in [0.3, 0.4) is 0 Å². The Morgan fingerprint density at radius 1 is 1.08 bits per heavy atom. The van der Waals surface area contributed by atoms with E-state index in [1.165, 1.54) is 18.1 Å². The molecule has 0 saturated carbocycles. The highest BCUT2D eigenvalue weighted by Crippen LogP contribution is 2.34. The monoisotopic (exact) mass is 335 g/mol. The van der Waals surface area contributed by atoms with Gasteiger partial charge in [0.2, 0.25) is 5.91 Å².